The minimum absolute atomic E-state index is 0.192. The molecular formula is C16H22N2S. The molecule has 2 rings (SSSR count). The average Bonchev–Trinajstić information content (AvgIpc) is 2.85. The highest BCUT2D eigenvalue weighted by molar-refractivity contribution is 7.09. The highest BCUT2D eigenvalue weighted by atomic mass is 32.1. The molecule has 102 valence electrons. The van der Waals surface area contributed by atoms with Crippen LogP contribution >= 0.6 is 11.3 Å². The van der Waals surface area contributed by atoms with Crippen molar-refractivity contribution in [2.45, 2.75) is 39.7 Å². The molecule has 1 heterocycles. The third kappa shape index (κ3) is 2.88. The van der Waals surface area contributed by atoms with E-state index in [4.69, 9.17) is 4.98 Å². The summed E-state index contributed by atoms with van der Waals surface area (Å²) in [4.78, 5) is 4.78. The van der Waals surface area contributed by atoms with Crippen LogP contribution in [-0.4, -0.2) is 12.0 Å². The molecule has 1 aromatic carbocycles. The van der Waals surface area contributed by atoms with E-state index in [0.29, 0.717) is 5.92 Å². The number of hydrogen-bond acceptors (Lipinski definition) is 3. The number of aryl methyl sites for hydroxylation is 1. The number of nitrogens with zero attached hydrogens (tertiary/aromatic N) is 1. The Labute approximate surface area is 119 Å². The maximum Gasteiger partial charge on any atom is 0.114 e. The summed E-state index contributed by atoms with van der Waals surface area (Å²) in [7, 11) is 2.00. The zero-order chi connectivity index (χ0) is 14.0. The van der Waals surface area contributed by atoms with Gasteiger partial charge >= 0.3 is 0 Å². The van der Waals surface area contributed by atoms with Crippen molar-refractivity contribution < 1.29 is 0 Å². The predicted octanol–water partition coefficient (Wildman–Crippen LogP) is 4.19. The largest absolute Gasteiger partial charge is 0.307 e. The second-order valence-electron chi connectivity index (χ2n) is 5.28. The fourth-order valence-electron chi connectivity index (χ4n) is 2.20. The Morgan fingerprint density at radius 3 is 2.53 bits per heavy atom. The molecule has 2 nitrogen and oxygen atoms in total. The van der Waals surface area contributed by atoms with Crippen molar-refractivity contribution in [1.29, 1.82) is 0 Å². The minimum atomic E-state index is 0.192. The molecule has 0 aliphatic carbocycles. The van der Waals surface area contributed by atoms with Crippen molar-refractivity contribution in [3.8, 4) is 0 Å². The van der Waals surface area contributed by atoms with Crippen LogP contribution in [0.1, 0.15) is 53.2 Å². The third-order valence-corrected chi connectivity index (χ3v) is 4.55. The van der Waals surface area contributed by atoms with Gasteiger partial charge in [0.15, 0.2) is 0 Å². The Morgan fingerprint density at radius 2 is 1.95 bits per heavy atom. The monoisotopic (exact) mass is 274 g/mol. The maximum absolute atomic E-state index is 4.78. The van der Waals surface area contributed by atoms with E-state index in [2.05, 4.69) is 56.6 Å². The molecule has 1 N–H and O–H groups in total. The Hall–Kier alpha value is -1.19. The van der Waals surface area contributed by atoms with Gasteiger partial charge in [0.2, 0.25) is 0 Å². The lowest BCUT2D eigenvalue weighted by Crippen LogP contribution is -2.19. The van der Waals surface area contributed by atoms with Crippen molar-refractivity contribution in [3.05, 3.63) is 51.0 Å². The Balaban J connectivity index is 2.41. The van der Waals surface area contributed by atoms with E-state index in [-0.39, 0.29) is 6.04 Å². The molecule has 1 aromatic heterocycles. The summed E-state index contributed by atoms with van der Waals surface area (Å²) in [5, 5.41) is 6.73. The fraction of sp³-hybridized carbons (Fsp3) is 0.438. The molecule has 0 aliphatic rings. The molecule has 0 spiro atoms. The number of thiazole rings is 1. The molecule has 2 aromatic rings. The molecule has 0 aliphatic heterocycles. The van der Waals surface area contributed by atoms with Gasteiger partial charge in [-0.15, -0.1) is 11.3 Å². The molecule has 0 amide bonds. The molecule has 0 saturated carbocycles. The van der Waals surface area contributed by atoms with Gasteiger partial charge < -0.3 is 5.32 Å². The summed E-state index contributed by atoms with van der Waals surface area (Å²) in [6.45, 7) is 8.72. The highest BCUT2D eigenvalue weighted by Crippen LogP contribution is 2.29. The molecule has 0 saturated heterocycles. The molecule has 0 radical (unpaired) electrons. The van der Waals surface area contributed by atoms with Crippen molar-refractivity contribution in [3.63, 3.8) is 0 Å². The summed E-state index contributed by atoms with van der Waals surface area (Å²) < 4.78 is 0. The van der Waals surface area contributed by atoms with Crippen molar-refractivity contribution >= 4 is 11.3 Å². The Bertz CT molecular complexity index is 558. The lowest BCUT2D eigenvalue weighted by molar-refractivity contribution is 0.674. The second kappa shape index (κ2) is 5.85. The number of rotatable bonds is 4. The van der Waals surface area contributed by atoms with Crippen LogP contribution in [0.5, 0.6) is 0 Å². The molecule has 0 bridgehead atoms. The normalized spacial score (nSPS) is 12.9. The van der Waals surface area contributed by atoms with E-state index in [1.165, 1.54) is 22.4 Å². The smallest absolute Gasteiger partial charge is 0.114 e. The van der Waals surface area contributed by atoms with E-state index >= 15 is 0 Å². The van der Waals surface area contributed by atoms with Gasteiger partial charge in [-0.05, 0) is 43.5 Å². The van der Waals surface area contributed by atoms with Crippen LogP contribution in [0, 0.1) is 13.8 Å². The Kier molecular flexibility index (Phi) is 4.38. The van der Waals surface area contributed by atoms with Gasteiger partial charge in [0, 0.05) is 5.38 Å². The first-order chi connectivity index (χ1) is 9.04. The van der Waals surface area contributed by atoms with Gasteiger partial charge in [0.05, 0.1) is 11.7 Å². The molecular weight excluding hydrogens is 252 g/mol. The molecule has 0 fully saturated rings. The summed E-state index contributed by atoms with van der Waals surface area (Å²) in [6, 6.07) is 6.67. The standard InChI is InChI=1S/C16H22N2S/c1-10(2)14-9-19-16(18-14)15(17-5)13-8-6-7-11(3)12(13)4/h6-10,15,17H,1-5H3. The van der Waals surface area contributed by atoms with Gasteiger partial charge in [-0.3, -0.25) is 0 Å². The zero-order valence-corrected chi connectivity index (χ0v) is 13.1. The van der Waals surface area contributed by atoms with E-state index in [1.54, 1.807) is 11.3 Å². The zero-order valence-electron chi connectivity index (χ0n) is 12.3. The number of benzene rings is 1. The summed E-state index contributed by atoms with van der Waals surface area (Å²) in [5.74, 6) is 0.487. The first-order valence-corrected chi connectivity index (χ1v) is 7.61. The first kappa shape index (κ1) is 14.2. The van der Waals surface area contributed by atoms with Crippen LogP contribution in [-0.2, 0) is 0 Å². The van der Waals surface area contributed by atoms with Crippen LogP contribution in [0.15, 0.2) is 23.6 Å². The van der Waals surface area contributed by atoms with Crippen LogP contribution < -0.4 is 5.32 Å². The lowest BCUT2D eigenvalue weighted by atomic mass is 9.98. The minimum Gasteiger partial charge on any atom is -0.307 e. The van der Waals surface area contributed by atoms with Crippen molar-refractivity contribution in [2.75, 3.05) is 7.05 Å². The van der Waals surface area contributed by atoms with Crippen LogP contribution in [0.25, 0.3) is 0 Å². The van der Waals surface area contributed by atoms with E-state index in [9.17, 15) is 0 Å². The van der Waals surface area contributed by atoms with Crippen LogP contribution in [0.4, 0.5) is 0 Å². The number of aromatic nitrogens is 1. The average molecular weight is 274 g/mol. The fourth-order valence-corrected chi connectivity index (χ4v) is 3.30. The van der Waals surface area contributed by atoms with Gasteiger partial charge in [0.1, 0.15) is 5.01 Å². The van der Waals surface area contributed by atoms with Crippen LogP contribution in [0.3, 0.4) is 0 Å². The van der Waals surface area contributed by atoms with Crippen molar-refractivity contribution in [1.82, 2.24) is 10.3 Å². The van der Waals surface area contributed by atoms with Gasteiger partial charge in [-0.25, -0.2) is 4.98 Å². The first-order valence-electron chi connectivity index (χ1n) is 6.73. The predicted molar refractivity (Wildman–Crippen MR) is 83.0 cm³/mol. The topological polar surface area (TPSA) is 24.9 Å². The summed E-state index contributed by atoms with van der Waals surface area (Å²) in [6.07, 6.45) is 0. The van der Waals surface area contributed by atoms with E-state index in [0.717, 1.165) is 5.01 Å². The van der Waals surface area contributed by atoms with E-state index in [1.807, 2.05) is 7.05 Å². The maximum atomic E-state index is 4.78. The van der Waals surface area contributed by atoms with Gasteiger partial charge in [-0.1, -0.05) is 32.0 Å². The molecule has 1 unspecified atom stereocenters. The SMILES string of the molecule is CNC(c1nc(C(C)C)cs1)c1cccc(C)c1C. The Morgan fingerprint density at radius 1 is 1.21 bits per heavy atom. The van der Waals surface area contributed by atoms with Crippen molar-refractivity contribution in [2.24, 2.45) is 0 Å². The summed E-state index contributed by atoms with van der Waals surface area (Å²) in [5.41, 5.74) is 5.19. The van der Waals surface area contributed by atoms with E-state index < -0.39 is 0 Å². The lowest BCUT2D eigenvalue weighted by Gasteiger charge is -2.18. The van der Waals surface area contributed by atoms with Gasteiger partial charge in [0.25, 0.3) is 0 Å². The summed E-state index contributed by atoms with van der Waals surface area (Å²) >= 11 is 1.75. The number of hydrogen-bond donors (Lipinski definition) is 1. The molecule has 19 heavy (non-hydrogen) atoms. The molecule has 1 atom stereocenters. The third-order valence-electron chi connectivity index (χ3n) is 3.62. The van der Waals surface area contributed by atoms with Crippen LogP contribution in [0.2, 0.25) is 0 Å². The van der Waals surface area contributed by atoms with Gasteiger partial charge in [-0.2, -0.15) is 0 Å². The number of nitrogens with one attached hydrogen (secondary N) is 1. The second-order valence-corrected chi connectivity index (χ2v) is 6.17. The highest BCUT2D eigenvalue weighted by Gasteiger charge is 2.19. The quantitative estimate of drug-likeness (QED) is 0.904. The molecule has 3 heteroatoms.